The maximum atomic E-state index is 11.7. The number of fused-ring (bicyclic) bond motifs is 2. The van der Waals surface area contributed by atoms with Gasteiger partial charge in [-0.05, 0) is 6.42 Å². The SMILES string of the molecule is CNc1ncnc2c1ncn2C1[C@@H]2C[C@](C)(COP(=O)(O)OP(=O)(O)O)[C@@H](O)[C@]12O. The fourth-order valence-corrected chi connectivity index (χ4v) is 6.16. The van der Waals surface area contributed by atoms with Crippen LogP contribution in [0.2, 0.25) is 0 Å². The molecule has 2 saturated carbocycles. The number of phosphoric acid groups is 2. The summed E-state index contributed by atoms with van der Waals surface area (Å²) >= 11 is 0. The van der Waals surface area contributed by atoms with Crippen LogP contribution in [0.3, 0.4) is 0 Å². The Morgan fingerprint density at radius 2 is 2.00 bits per heavy atom. The highest BCUT2D eigenvalue weighted by molar-refractivity contribution is 7.60. The molecule has 0 amide bonds. The number of phosphoric ester groups is 1. The fourth-order valence-electron chi connectivity index (χ4n) is 4.44. The summed E-state index contributed by atoms with van der Waals surface area (Å²) in [6, 6.07) is -0.530. The highest BCUT2D eigenvalue weighted by Gasteiger charge is 2.78. The normalized spacial score (nSPS) is 35.2. The van der Waals surface area contributed by atoms with Crippen LogP contribution < -0.4 is 5.32 Å². The fraction of sp³-hybridized carbons (Fsp3) is 0.643. The molecule has 6 atom stereocenters. The van der Waals surface area contributed by atoms with Crippen LogP contribution in [0.15, 0.2) is 12.7 Å². The molecule has 14 nitrogen and oxygen atoms in total. The largest absolute Gasteiger partial charge is 0.481 e. The van der Waals surface area contributed by atoms with Gasteiger partial charge in [-0.2, -0.15) is 4.31 Å². The van der Waals surface area contributed by atoms with Gasteiger partial charge in [0.2, 0.25) is 0 Å². The van der Waals surface area contributed by atoms with Gasteiger partial charge in [-0.15, -0.1) is 0 Å². The lowest BCUT2D eigenvalue weighted by atomic mass is 9.82. The molecule has 0 radical (unpaired) electrons. The number of aliphatic hydroxyl groups is 2. The van der Waals surface area contributed by atoms with Gasteiger partial charge in [0.1, 0.15) is 17.4 Å². The van der Waals surface area contributed by atoms with Crippen molar-refractivity contribution < 1.29 is 42.9 Å². The highest BCUT2D eigenvalue weighted by atomic mass is 31.3. The van der Waals surface area contributed by atoms with Crippen molar-refractivity contribution in [2.24, 2.45) is 11.3 Å². The summed E-state index contributed by atoms with van der Waals surface area (Å²) in [5.74, 6) is 0.0892. The number of rotatable bonds is 7. The van der Waals surface area contributed by atoms with E-state index < -0.39 is 51.3 Å². The van der Waals surface area contributed by atoms with E-state index in [0.29, 0.717) is 17.0 Å². The lowest BCUT2D eigenvalue weighted by Crippen LogP contribution is -2.43. The zero-order chi connectivity index (χ0) is 22.1. The van der Waals surface area contributed by atoms with E-state index in [4.69, 9.17) is 9.79 Å². The molecular weight excluding hydrogens is 444 g/mol. The minimum absolute atomic E-state index is 0.203. The third-order valence-electron chi connectivity index (χ3n) is 5.79. The maximum Gasteiger partial charge on any atom is 0.481 e. The van der Waals surface area contributed by atoms with Crippen LogP contribution in [0.5, 0.6) is 0 Å². The second-order valence-electron chi connectivity index (χ2n) is 7.81. The van der Waals surface area contributed by atoms with Crippen molar-refractivity contribution in [2.75, 3.05) is 19.0 Å². The van der Waals surface area contributed by atoms with E-state index in [0.717, 1.165) is 0 Å². The summed E-state index contributed by atoms with van der Waals surface area (Å²) in [5.41, 5.74) is -1.74. The van der Waals surface area contributed by atoms with Gasteiger partial charge in [0.15, 0.2) is 11.5 Å². The summed E-state index contributed by atoms with van der Waals surface area (Å²) in [4.78, 5) is 39.4. The van der Waals surface area contributed by atoms with Gasteiger partial charge in [0, 0.05) is 18.4 Å². The van der Waals surface area contributed by atoms with E-state index in [1.165, 1.54) is 19.6 Å². The van der Waals surface area contributed by atoms with E-state index in [2.05, 4.69) is 29.1 Å². The number of nitrogens with one attached hydrogen (secondary N) is 1. The van der Waals surface area contributed by atoms with Gasteiger partial charge >= 0.3 is 15.6 Å². The molecule has 2 aromatic rings. The smallest absolute Gasteiger partial charge is 0.389 e. The van der Waals surface area contributed by atoms with Crippen molar-refractivity contribution in [1.82, 2.24) is 19.5 Å². The van der Waals surface area contributed by atoms with Crippen molar-refractivity contribution in [3.05, 3.63) is 12.7 Å². The lowest BCUT2D eigenvalue weighted by molar-refractivity contribution is -0.0732. The Bertz CT molecular complexity index is 1090. The highest BCUT2D eigenvalue weighted by Crippen LogP contribution is 2.70. The predicted molar refractivity (Wildman–Crippen MR) is 100.0 cm³/mol. The maximum absolute atomic E-state index is 11.7. The first-order valence-electron chi connectivity index (χ1n) is 8.82. The molecule has 30 heavy (non-hydrogen) atoms. The summed E-state index contributed by atoms with van der Waals surface area (Å²) in [5, 5.41) is 24.8. The predicted octanol–water partition coefficient (Wildman–Crippen LogP) is -0.233. The summed E-state index contributed by atoms with van der Waals surface area (Å²) in [7, 11) is -8.63. The Hall–Kier alpha value is -1.47. The van der Waals surface area contributed by atoms with Crippen molar-refractivity contribution in [2.45, 2.75) is 31.1 Å². The molecular formula is C14H21N5O9P2. The van der Waals surface area contributed by atoms with Gasteiger partial charge in [-0.25, -0.2) is 24.1 Å². The topological polar surface area (TPSA) is 209 Å². The van der Waals surface area contributed by atoms with E-state index in [9.17, 15) is 24.2 Å². The van der Waals surface area contributed by atoms with E-state index in [1.54, 1.807) is 11.6 Å². The Morgan fingerprint density at radius 1 is 1.30 bits per heavy atom. The van der Waals surface area contributed by atoms with Crippen LogP contribution in [0.1, 0.15) is 19.4 Å². The number of aliphatic hydroxyl groups excluding tert-OH is 1. The van der Waals surface area contributed by atoms with Crippen molar-refractivity contribution in [1.29, 1.82) is 0 Å². The molecule has 2 aliphatic rings. The van der Waals surface area contributed by atoms with Crippen molar-refractivity contribution >= 4 is 32.6 Å². The van der Waals surface area contributed by atoms with E-state index in [1.807, 2.05) is 0 Å². The second kappa shape index (κ2) is 6.76. The van der Waals surface area contributed by atoms with Gasteiger partial charge in [-0.1, -0.05) is 6.92 Å². The first-order valence-corrected chi connectivity index (χ1v) is 11.8. The molecule has 2 heterocycles. The number of hydrogen-bond acceptors (Lipinski definition) is 10. The summed E-state index contributed by atoms with van der Waals surface area (Å²) < 4.78 is 32.6. The zero-order valence-corrected chi connectivity index (χ0v) is 17.6. The average Bonchev–Trinajstić information content (AvgIpc) is 2.94. The standard InChI is InChI=1S/C14H21N5O9P2/c1-13(4-27-30(25,26)28-29(22,23)24)3-7-9(14(7,21)12(13)20)19-6-18-8-10(15-2)16-5-17-11(8)19/h5-7,9,12,20-21H,3-4H2,1-2H3,(H,25,26)(H,15,16,17)(H2,22,23,24)/t7-,9?,12+,13+,14+/m0/s1. The number of anilines is 1. The lowest BCUT2D eigenvalue weighted by Gasteiger charge is -2.33. The number of imidazole rings is 1. The quantitative estimate of drug-likeness (QED) is 0.292. The molecule has 4 rings (SSSR count). The Morgan fingerprint density at radius 3 is 2.57 bits per heavy atom. The van der Waals surface area contributed by atoms with Gasteiger partial charge in [0.05, 0.1) is 25.1 Å². The molecule has 0 aliphatic heterocycles. The van der Waals surface area contributed by atoms with Crippen LogP contribution >= 0.6 is 15.6 Å². The molecule has 6 N–H and O–H groups in total. The minimum atomic E-state index is -5.25. The third kappa shape index (κ3) is 3.38. The molecule has 0 aromatic carbocycles. The number of nitrogens with zero attached hydrogens (tertiary/aromatic N) is 4. The molecule has 0 saturated heterocycles. The Balaban J connectivity index is 1.52. The van der Waals surface area contributed by atoms with Crippen molar-refractivity contribution in [3.63, 3.8) is 0 Å². The van der Waals surface area contributed by atoms with Crippen LogP contribution in [0, 0.1) is 11.3 Å². The summed E-state index contributed by atoms with van der Waals surface area (Å²) in [6.07, 6.45) is 1.69. The van der Waals surface area contributed by atoms with E-state index >= 15 is 0 Å². The zero-order valence-electron chi connectivity index (χ0n) is 15.9. The minimum Gasteiger partial charge on any atom is -0.389 e. The number of hydrogen-bond donors (Lipinski definition) is 6. The Kier molecular flexibility index (Phi) is 4.90. The van der Waals surface area contributed by atoms with Crippen LogP contribution in [0.4, 0.5) is 5.82 Å². The van der Waals surface area contributed by atoms with Crippen molar-refractivity contribution in [3.8, 4) is 0 Å². The monoisotopic (exact) mass is 465 g/mol. The van der Waals surface area contributed by atoms with Gasteiger partial charge < -0.3 is 34.8 Å². The van der Waals surface area contributed by atoms with Crippen LogP contribution in [0.25, 0.3) is 11.2 Å². The molecule has 166 valence electrons. The molecule has 0 spiro atoms. The average molecular weight is 465 g/mol. The summed E-state index contributed by atoms with van der Waals surface area (Å²) in [6.45, 7) is 0.966. The molecule has 0 bridgehead atoms. The molecule has 2 aliphatic carbocycles. The molecule has 2 fully saturated rings. The van der Waals surface area contributed by atoms with Crippen LogP contribution in [-0.4, -0.2) is 69.8 Å². The second-order valence-corrected chi connectivity index (χ2v) is 10.6. The molecule has 2 aromatic heterocycles. The Labute approximate surface area is 169 Å². The first kappa shape index (κ1) is 21.8. The van der Waals surface area contributed by atoms with Gasteiger partial charge in [0.25, 0.3) is 0 Å². The molecule has 2 unspecified atom stereocenters. The van der Waals surface area contributed by atoms with Crippen LogP contribution in [-0.2, 0) is 18.0 Å². The third-order valence-corrected chi connectivity index (χ3v) is 7.92. The van der Waals surface area contributed by atoms with E-state index in [-0.39, 0.29) is 6.42 Å². The first-order chi connectivity index (χ1) is 13.8. The molecule has 16 heteroatoms. The van der Waals surface area contributed by atoms with Gasteiger partial charge in [-0.3, -0.25) is 4.52 Å². The number of aromatic nitrogens is 4.